The summed E-state index contributed by atoms with van der Waals surface area (Å²) in [5.74, 6) is 0. The molecule has 0 aliphatic rings. The van der Waals surface area contributed by atoms with Crippen LogP contribution in [0.4, 0.5) is 0 Å². The fraction of sp³-hybridized carbons (Fsp3) is 0.312. The highest BCUT2D eigenvalue weighted by Gasteiger charge is 2.15. The summed E-state index contributed by atoms with van der Waals surface area (Å²) < 4.78 is 27.5. The van der Waals surface area contributed by atoms with Crippen LogP contribution in [0.15, 0.2) is 40.2 Å². The van der Waals surface area contributed by atoms with Crippen LogP contribution in [-0.2, 0) is 10.0 Å². The fourth-order valence-electron chi connectivity index (χ4n) is 2.67. The second kappa shape index (κ2) is 6.39. The van der Waals surface area contributed by atoms with E-state index in [2.05, 4.69) is 14.7 Å². The maximum atomic E-state index is 12.5. The standard InChI is InChI=1S/C16H20N4O3S/c1-20(2)9-3-7-18-24(22,23)11-4-5-14-13(10-11)12-6-8-17-15(12)16(21)19-14/h4-6,8,10,17-18H,3,7,9H2,1-2H3,(H,19,21). The highest BCUT2D eigenvalue weighted by atomic mass is 32.2. The lowest BCUT2D eigenvalue weighted by Gasteiger charge is -2.11. The van der Waals surface area contributed by atoms with Crippen LogP contribution in [0.25, 0.3) is 21.8 Å². The molecule has 0 saturated heterocycles. The van der Waals surface area contributed by atoms with E-state index in [9.17, 15) is 13.2 Å². The van der Waals surface area contributed by atoms with E-state index in [1.54, 1.807) is 24.4 Å². The van der Waals surface area contributed by atoms with Crippen LogP contribution in [0.3, 0.4) is 0 Å². The molecular formula is C16H20N4O3S. The summed E-state index contributed by atoms with van der Waals surface area (Å²) >= 11 is 0. The van der Waals surface area contributed by atoms with Gasteiger partial charge in [0.05, 0.1) is 4.90 Å². The largest absolute Gasteiger partial charge is 0.357 e. The predicted octanol–water partition coefficient (Wildman–Crippen LogP) is 1.24. The van der Waals surface area contributed by atoms with Crippen molar-refractivity contribution in [1.29, 1.82) is 0 Å². The molecule has 1 aromatic carbocycles. The first-order valence-electron chi connectivity index (χ1n) is 7.66. The average Bonchev–Trinajstić information content (AvgIpc) is 3.02. The van der Waals surface area contributed by atoms with Gasteiger partial charge in [-0.2, -0.15) is 0 Å². The summed E-state index contributed by atoms with van der Waals surface area (Å²) in [5, 5.41) is 1.40. The van der Waals surface area contributed by atoms with Crippen LogP contribution in [0.5, 0.6) is 0 Å². The van der Waals surface area contributed by atoms with Crippen LogP contribution < -0.4 is 10.3 Å². The van der Waals surface area contributed by atoms with E-state index in [1.807, 2.05) is 19.0 Å². The zero-order valence-electron chi connectivity index (χ0n) is 13.6. The summed E-state index contributed by atoms with van der Waals surface area (Å²) in [6.07, 6.45) is 2.40. The summed E-state index contributed by atoms with van der Waals surface area (Å²) in [4.78, 5) is 19.8. The number of hydrogen-bond acceptors (Lipinski definition) is 4. The molecule has 3 N–H and O–H groups in total. The Kier molecular flexibility index (Phi) is 4.44. The first-order chi connectivity index (χ1) is 11.4. The van der Waals surface area contributed by atoms with Gasteiger partial charge in [-0.1, -0.05) is 0 Å². The van der Waals surface area contributed by atoms with Gasteiger partial charge in [-0.05, 0) is 51.3 Å². The molecule has 3 aromatic rings. The molecule has 0 bridgehead atoms. The molecule has 3 rings (SSSR count). The van der Waals surface area contributed by atoms with E-state index in [0.717, 1.165) is 13.0 Å². The van der Waals surface area contributed by atoms with Gasteiger partial charge >= 0.3 is 0 Å². The maximum absolute atomic E-state index is 12.5. The Balaban J connectivity index is 1.95. The van der Waals surface area contributed by atoms with E-state index >= 15 is 0 Å². The number of pyridine rings is 1. The first-order valence-corrected chi connectivity index (χ1v) is 9.14. The van der Waals surface area contributed by atoms with Gasteiger partial charge in [-0.3, -0.25) is 4.79 Å². The zero-order chi connectivity index (χ0) is 17.3. The van der Waals surface area contributed by atoms with Crippen LogP contribution >= 0.6 is 0 Å². The molecule has 0 amide bonds. The van der Waals surface area contributed by atoms with Crippen molar-refractivity contribution < 1.29 is 8.42 Å². The second-order valence-electron chi connectivity index (χ2n) is 5.98. The number of nitrogens with one attached hydrogen (secondary N) is 3. The maximum Gasteiger partial charge on any atom is 0.272 e. The van der Waals surface area contributed by atoms with Crippen molar-refractivity contribution in [2.75, 3.05) is 27.2 Å². The smallest absolute Gasteiger partial charge is 0.272 e. The van der Waals surface area contributed by atoms with Gasteiger partial charge in [0.1, 0.15) is 5.52 Å². The van der Waals surface area contributed by atoms with Crippen LogP contribution in [0.2, 0.25) is 0 Å². The Morgan fingerprint density at radius 1 is 1.17 bits per heavy atom. The Bertz CT molecular complexity index is 1030. The Morgan fingerprint density at radius 2 is 1.96 bits per heavy atom. The number of hydrogen-bond donors (Lipinski definition) is 3. The summed E-state index contributed by atoms with van der Waals surface area (Å²) in [5.41, 5.74) is 0.828. The highest BCUT2D eigenvalue weighted by molar-refractivity contribution is 7.89. The number of nitrogens with zero attached hydrogens (tertiary/aromatic N) is 1. The van der Waals surface area contributed by atoms with Crippen molar-refractivity contribution in [1.82, 2.24) is 19.6 Å². The molecule has 128 valence electrons. The third-order valence-electron chi connectivity index (χ3n) is 3.89. The molecule has 0 aliphatic carbocycles. The van der Waals surface area contributed by atoms with Crippen molar-refractivity contribution in [2.24, 2.45) is 0 Å². The molecule has 0 radical (unpaired) electrons. The molecule has 8 heteroatoms. The highest BCUT2D eigenvalue weighted by Crippen LogP contribution is 2.23. The minimum absolute atomic E-state index is 0.189. The van der Waals surface area contributed by atoms with E-state index in [4.69, 9.17) is 0 Å². The number of fused-ring (bicyclic) bond motifs is 3. The lowest BCUT2D eigenvalue weighted by Crippen LogP contribution is -2.27. The third kappa shape index (κ3) is 3.21. The van der Waals surface area contributed by atoms with Crippen LogP contribution in [-0.4, -0.2) is 50.5 Å². The van der Waals surface area contributed by atoms with Crippen LogP contribution in [0, 0.1) is 0 Å². The molecule has 2 heterocycles. The second-order valence-corrected chi connectivity index (χ2v) is 7.75. The minimum Gasteiger partial charge on any atom is -0.357 e. The van der Waals surface area contributed by atoms with Gasteiger partial charge in [0.2, 0.25) is 10.0 Å². The first kappa shape index (κ1) is 16.7. The summed E-state index contributed by atoms with van der Waals surface area (Å²) in [6, 6.07) is 6.49. The van der Waals surface area contributed by atoms with E-state index in [0.29, 0.717) is 28.4 Å². The number of aromatic amines is 2. The van der Waals surface area contributed by atoms with Gasteiger partial charge in [0, 0.05) is 29.0 Å². The van der Waals surface area contributed by atoms with E-state index in [1.165, 1.54) is 6.07 Å². The lowest BCUT2D eigenvalue weighted by molar-refractivity contribution is 0.400. The topological polar surface area (TPSA) is 98.1 Å². The minimum atomic E-state index is -3.58. The molecular weight excluding hydrogens is 328 g/mol. The zero-order valence-corrected chi connectivity index (χ0v) is 14.4. The fourth-order valence-corrected chi connectivity index (χ4v) is 3.77. The molecule has 24 heavy (non-hydrogen) atoms. The summed E-state index contributed by atoms with van der Waals surface area (Å²) in [7, 11) is 0.308. The van der Waals surface area contributed by atoms with Crippen LogP contribution in [0.1, 0.15) is 6.42 Å². The molecule has 7 nitrogen and oxygen atoms in total. The predicted molar refractivity (Wildman–Crippen MR) is 94.8 cm³/mol. The molecule has 0 saturated carbocycles. The average molecular weight is 348 g/mol. The van der Waals surface area contributed by atoms with Crippen molar-refractivity contribution in [3.63, 3.8) is 0 Å². The molecule has 0 aliphatic heterocycles. The van der Waals surface area contributed by atoms with Gasteiger partial charge in [-0.25, -0.2) is 13.1 Å². The SMILES string of the molecule is CN(C)CCCNS(=O)(=O)c1ccc2[nH]c(=O)c3[nH]ccc3c2c1. The molecule has 2 aromatic heterocycles. The van der Waals surface area contributed by atoms with Crippen molar-refractivity contribution in [3.05, 3.63) is 40.8 Å². The van der Waals surface area contributed by atoms with Gasteiger partial charge in [-0.15, -0.1) is 0 Å². The Morgan fingerprint density at radius 3 is 2.71 bits per heavy atom. The quantitative estimate of drug-likeness (QED) is 0.584. The number of benzene rings is 1. The van der Waals surface area contributed by atoms with Gasteiger partial charge in [0.15, 0.2) is 0 Å². The number of rotatable bonds is 6. The summed E-state index contributed by atoms with van der Waals surface area (Å²) in [6.45, 7) is 1.19. The third-order valence-corrected chi connectivity index (χ3v) is 5.35. The number of aromatic nitrogens is 2. The molecule has 0 atom stereocenters. The Labute approximate surface area is 139 Å². The Hall–Kier alpha value is -2.16. The van der Waals surface area contributed by atoms with Gasteiger partial charge in [0.25, 0.3) is 5.56 Å². The van der Waals surface area contributed by atoms with Crippen molar-refractivity contribution in [3.8, 4) is 0 Å². The van der Waals surface area contributed by atoms with Gasteiger partial charge < -0.3 is 14.9 Å². The number of H-pyrrole nitrogens is 2. The van der Waals surface area contributed by atoms with E-state index < -0.39 is 10.0 Å². The molecule has 0 spiro atoms. The van der Waals surface area contributed by atoms with E-state index in [-0.39, 0.29) is 10.5 Å². The monoisotopic (exact) mass is 348 g/mol. The molecule has 0 unspecified atom stereocenters. The lowest BCUT2D eigenvalue weighted by atomic mass is 10.1. The molecule has 0 fully saturated rings. The van der Waals surface area contributed by atoms with Crippen molar-refractivity contribution >= 4 is 31.8 Å². The normalized spacial score (nSPS) is 12.5. The van der Waals surface area contributed by atoms with Crippen molar-refractivity contribution in [2.45, 2.75) is 11.3 Å². The number of sulfonamides is 1.